The van der Waals surface area contributed by atoms with Crippen molar-refractivity contribution in [1.29, 1.82) is 0 Å². The van der Waals surface area contributed by atoms with Gasteiger partial charge in [-0.3, -0.25) is 4.79 Å². The molecule has 70 valence electrons. The normalized spacial score (nSPS) is 12.2. The Morgan fingerprint density at radius 2 is 2.23 bits per heavy atom. The van der Waals surface area contributed by atoms with Gasteiger partial charge in [0.15, 0.2) is 5.78 Å². The van der Waals surface area contributed by atoms with Crippen LogP contribution in [0.15, 0.2) is 12.4 Å². The van der Waals surface area contributed by atoms with Gasteiger partial charge >= 0.3 is 0 Å². The van der Waals surface area contributed by atoms with Crippen LogP contribution in [0.4, 0.5) is 0 Å². The van der Waals surface area contributed by atoms with Gasteiger partial charge in [0.1, 0.15) is 5.69 Å². The summed E-state index contributed by atoms with van der Waals surface area (Å²) in [7, 11) is 1.48. The predicted molar refractivity (Wildman–Crippen MR) is 46.6 cm³/mol. The summed E-state index contributed by atoms with van der Waals surface area (Å²) in [5.74, 6) is 0.149. The van der Waals surface area contributed by atoms with Crippen LogP contribution < -0.4 is 10.5 Å². The van der Waals surface area contributed by atoms with Crippen molar-refractivity contribution in [2.24, 2.45) is 5.73 Å². The second-order valence-corrected chi connectivity index (χ2v) is 2.60. The molecule has 0 saturated carbocycles. The molecule has 1 aromatic heterocycles. The minimum absolute atomic E-state index is 0.227. The predicted octanol–water partition coefficient (Wildman–Crippen LogP) is 0.0151. The molecule has 1 rings (SSSR count). The Hall–Kier alpha value is -1.49. The van der Waals surface area contributed by atoms with Crippen LogP contribution in [0.5, 0.6) is 5.88 Å². The Morgan fingerprint density at radius 3 is 2.62 bits per heavy atom. The third-order valence-electron chi connectivity index (χ3n) is 1.50. The van der Waals surface area contributed by atoms with Crippen LogP contribution in [0.25, 0.3) is 0 Å². The molecule has 0 aliphatic rings. The molecule has 1 unspecified atom stereocenters. The standard InChI is InChI=1S/C8H11N3O2/c1-5(9)8(12)6-3-11-7(13-2)4-10-6/h3-5H,9H2,1-2H3. The molecule has 0 fully saturated rings. The molecule has 0 spiro atoms. The van der Waals surface area contributed by atoms with Crippen LogP contribution in [0.2, 0.25) is 0 Å². The van der Waals surface area contributed by atoms with Gasteiger partial charge in [0.2, 0.25) is 5.88 Å². The number of hydrogen-bond donors (Lipinski definition) is 1. The van der Waals surface area contributed by atoms with Gasteiger partial charge in [0, 0.05) is 0 Å². The van der Waals surface area contributed by atoms with E-state index in [2.05, 4.69) is 9.97 Å². The van der Waals surface area contributed by atoms with Crippen LogP contribution in [0.1, 0.15) is 17.4 Å². The van der Waals surface area contributed by atoms with E-state index in [1.807, 2.05) is 0 Å². The summed E-state index contributed by atoms with van der Waals surface area (Å²) in [5, 5.41) is 0. The number of aromatic nitrogens is 2. The zero-order valence-corrected chi connectivity index (χ0v) is 7.52. The van der Waals surface area contributed by atoms with E-state index in [1.54, 1.807) is 6.92 Å². The number of ether oxygens (including phenoxy) is 1. The zero-order chi connectivity index (χ0) is 9.84. The molecule has 13 heavy (non-hydrogen) atoms. The maximum absolute atomic E-state index is 11.3. The number of carbonyl (C=O) groups excluding carboxylic acids is 1. The Morgan fingerprint density at radius 1 is 1.54 bits per heavy atom. The topological polar surface area (TPSA) is 78.1 Å². The average molecular weight is 181 g/mol. The second-order valence-electron chi connectivity index (χ2n) is 2.60. The van der Waals surface area contributed by atoms with Crippen LogP contribution in [-0.2, 0) is 0 Å². The molecule has 0 aliphatic heterocycles. The lowest BCUT2D eigenvalue weighted by molar-refractivity contribution is 0.0962. The van der Waals surface area contributed by atoms with E-state index >= 15 is 0 Å². The number of Topliss-reactive ketones (excluding diaryl/α,β-unsaturated/α-hetero) is 1. The van der Waals surface area contributed by atoms with E-state index in [0.29, 0.717) is 5.88 Å². The largest absolute Gasteiger partial charge is 0.480 e. The summed E-state index contributed by atoms with van der Waals surface area (Å²) in [5.41, 5.74) is 5.65. The zero-order valence-electron chi connectivity index (χ0n) is 7.52. The maximum atomic E-state index is 11.3. The average Bonchev–Trinajstić information content (AvgIpc) is 2.17. The Labute approximate surface area is 75.9 Å². The van der Waals surface area contributed by atoms with Crippen molar-refractivity contribution in [3.63, 3.8) is 0 Å². The lowest BCUT2D eigenvalue weighted by Crippen LogP contribution is -2.27. The smallest absolute Gasteiger partial charge is 0.232 e. The second kappa shape index (κ2) is 3.95. The number of hydrogen-bond acceptors (Lipinski definition) is 5. The third-order valence-corrected chi connectivity index (χ3v) is 1.50. The number of nitrogens with zero attached hydrogens (tertiary/aromatic N) is 2. The molecule has 1 aromatic rings. The summed E-state index contributed by atoms with van der Waals surface area (Å²) in [6, 6.07) is -0.553. The summed E-state index contributed by atoms with van der Waals surface area (Å²) in [4.78, 5) is 19.0. The van der Waals surface area contributed by atoms with Crippen molar-refractivity contribution in [2.75, 3.05) is 7.11 Å². The van der Waals surface area contributed by atoms with Gasteiger partial charge in [-0.15, -0.1) is 0 Å². The molecule has 0 radical (unpaired) electrons. The van der Waals surface area contributed by atoms with Crippen molar-refractivity contribution in [2.45, 2.75) is 13.0 Å². The maximum Gasteiger partial charge on any atom is 0.232 e. The Balaban J connectivity index is 2.86. The fraction of sp³-hybridized carbons (Fsp3) is 0.375. The third kappa shape index (κ3) is 2.22. The number of rotatable bonds is 3. The van der Waals surface area contributed by atoms with Crippen LogP contribution in [0.3, 0.4) is 0 Å². The van der Waals surface area contributed by atoms with Gasteiger partial charge in [-0.05, 0) is 6.92 Å². The molecular formula is C8H11N3O2. The van der Waals surface area contributed by atoms with Gasteiger partial charge in [-0.2, -0.15) is 0 Å². The highest BCUT2D eigenvalue weighted by atomic mass is 16.5. The Kier molecular flexibility index (Phi) is 2.92. The van der Waals surface area contributed by atoms with Gasteiger partial charge in [-0.25, -0.2) is 9.97 Å². The fourth-order valence-electron chi connectivity index (χ4n) is 0.782. The molecular weight excluding hydrogens is 170 g/mol. The molecule has 1 atom stereocenters. The highest BCUT2D eigenvalue weighted by Gasteiger charge is 2.12. The molecule has 0 bridgehead atoms. The summed E-state index contributed by atoms with van der Waals surface area (Å²) < 4.78 is 4.79. The first kappa shape index (κ1) is 9.60. The molecule has 1 heterocycles. The first-order chi connectivity index (χ1) is 6.15. The van der Waals surface area contributed by atoms with Crippen molar-refractivity contribution in [3.05, 3.63) is 18.1 Å². The SMILES string of the molecule is COc1cnc(C(=O)C(C)N)cn1. The van der Waals surface area contributed by atoms with Crippen molar-refractivity contribution in [1.82, 2.24) is 9.97 Å². The first-order valence-corrected chi connectivity index (χ1v) is 3.81. The van der Waals surface area contributed by atoms with Gasteiger partial charge in [-0.1, -0.05) is 0 Å². The number of carbonyl (C=O) groups is 1. The minimum atomic E-state index is -0.553. The molecule has 5 heteroatoms. The lowest BCUT2D eigenvalue weighted by atomic mass is 10.2. The van der Waals surface area contributed by atoms with Crippen molar-refractivity contribution in [3.8, 4) is 5.88 Å². The quantitative estimate of drug-likeness (QED) is 0.665. The molecule has 0 amide bonds. The first-order valence-electron chi connectivity index (χ1n) is 3.81. The van der Waals surface area contributed by atoms with E-state index in [-0.39, 0.29) is 11.5 Å². The van der Waals surface area contributed by atoms with Gasteiger partial charge < -0.3 is 10.5 Å². The van der Waals surface area contributed by atoms with Gasteiger partial charge in [0.05, 0.1) is 25.5 Å². The monoisotopic (exact) mass is 181 g/mol. The number of ketones is 1. The van der Waals surface area contributed by atoms with E-state index in [0.717, 1.165) is 0 Å². The fourth-order valence-corrected chi connectivity index (χ4v) is 0.782. The van der Waals surface area contributed by atoms with E-state index in [4.69, 9.17) is 10.5 Å². The Bertz CT molecular complexity index is 295. The van der Waals surface area contributed by atoms with Crippen molar-refractivity contribution < 1.29 is 9.53 Å². The number of methoxy groups -OCH3 is 1. The van der Waals surface area contributed by atoms with Crippen LogP contribution in [0, 0.1) is 0 Å². The minimum Gasteiger partial charge on any atom is -0.480 e. The molecule has 2 N–H and O–H groups in total. The summed E-state index contributed by atoms with van der Waals surface area (Å²) in [6.07, 6.45) is 2.74. The molecule has 0 aromatic carbocycles. The molecule has 0 saturated heterocycles. The highest BCUT2D eigenvalue weighted by Crippen LogP contribution is 2.03. The molecule has 0 aliphatic carbocycles. The molecule has 5 nitrogen and oxygen atoms in total. The summed E-state index contributed by atoms with van der Waals surface area (Å²) >= 11 is 0. The number of nitrogens with two attached hydrogens (primary N) is 1. The summed E-state index contributed by atoms with van der Waals surface area (Å²) in [6.45, 7) is 1.61. The highest BCUT2D eigenvalue weighted by molar-refractivity contribution is 5.97. The van der Waals surface area contributed by atoms with Gasteiger partial charge in [0.25, 0.3) is 0 Å². The van der Waals surface area contributed by atoms with E-state index < -0.39 is 6.04 Å². The van der Waals surface area contributed by atoms with E-state index in [1.165, 1.54) is 19.5 Å². The van der Waals surface area contributed by atoms with Crippen LogP contribution in [-0.4, -0.2) is 28.9 Å². The lowest BCUT2D eigenvalue weighted by Gasteiger charge is -2.03. The van der Waals surface area contributed by atoms with Crippen LogP contribution >= 0.6 is 0 Å². The van der Waals surface area contributed by atoms with E-state index in [9.17, 15) is 4.79 Å². The van der Waals surface area contributed by atoms with Crippen molar-refractivity contribution >= 4 is 5.78 Å².